The zero-order valence-corrected chi connectivity index (χ0v) is 11.0. The predicted molar refractivity (Wildman–Crippen MR) is 59.5 cm³/mol. The molecule has 0 radical (unpaired) electrons. The molecule has 100 valence electrons. The maximum Gasteiger partial charge on any atom is 0.401 e. The SMILES string of the molecule is O=C(OC1CCO1)c1scc(F)c1OS(=O)(=O)Cl. The van der Waals surface area contributed by atoms with Gasteiger partial charge >= 0.3 is 15.3 Å². The molecule has 2 heterocycles. The Morgan fingerprint density at radius 1 is 1.61 bits per heavy atom. The maximum atomic E-state index is 13.3. The summed E-state index contributed by atoms with van der Waals surface area (Å²) in [6, 6.07) is 0. The lowest BCUT2D eigenvalue weighted by Crippen LogP contribution is -2.31. The lowest BCUT2D eigenvalue weighted by Gasteiger charge is -2.25. The molecule has 6 nitrogen and oxygen atoms in total. The fraction of sp³-hybridized carbons (Fsp3) is 0.375. The highest BCUT2D eigenvalue weighted by Gasteiger charge is 2.29. The van der Waals surface area contributed by atoms with Gasteiger partial charge in [0.05, 0.1) is 17.3 Å². The van der Waals surface area contributed by atoms with Crippen LogP contribution < -0.4 is 4.18 Å². The van der Waals surface area contributed by atoms with Crippen LogP contribution in [0.1, 0.15) is 16.1 Å². The van der Waals surface area contributed by atoms with Crippen LogP contribution in [0.4, 0.5) is 4.39 Å². The van der Waals surface area contributed by atoms with Crippen LogP contribution in [0.5, 0.6) is 5.75 Å². The lowest BCUT2D eigenvalue weighted by atomic mass is 10.3. The number of hydrogen-bond acceptors (Lipinski definition) is 7. The van der Waals surface area contributed by atoms with Gasteiger partial charge < -0.3 is 13.7 Å². The lowest BCUT2D eigenvalue weighted by molar-refractivity contribution is -0.184. The van der Waals surface area contributed by atoms with Crippen LogP contribution in [0.25, 0.3) is 0 Å². The highest BCUT2D eigenvalue weighted by atomic mass is 35.7. The Kier molecular flexibility index (Phi) is 3.76. The van der Waals surface area contributed by atoms with Crippen LogP contribution >= 0.6 is 22.0 Å². The van der Waals surface area contributed by atoms with E-state index in [4.69, 9.17) is 20.2 Å². The van der Waals surface area contributed by atoms with E-state index in [0.717, 1.165) is 5.38 Å². The summed E-state index contributed by atoms with van der Waals surface area (Å²) in [7, 11) is 0.383. The van der Waals surface area contributed by atoms with Gasteiger partial charge in [0, 0.05) is 11.8 Å². The van der Waals surface area contributed by atoms with Crippen LogP contribution in [0.2, 0.25) is 0 Å². The summed E-state index contributed by atoms with van der Waals surface area (Å²) in [5.41, 5.74) is 0. The summed E-state index contributed by atoms with van der Waals surface area (Å²) in [6.07, 6.45) is -0.160. The zero-order chi connectivity index (χ0) is 13.3. The second-order valence-corrected chi connectivity index (χ2v) is 6.18. The van der Waals surface area contributed by atoms with Gasteiger partial charge in [0.15, 0.2) is 10.7 Å². The molecule has 1 unspecified atom stereocenters. The van der Waals surface area contributed by atoms with E-state index >= 15 is 0 Å². The normalized spacial score (nSPS) is 19.1. The molecule has 1 aliphatic heterocycles. The number of ether oxygens (including phenoxy) is 2. The molecular formula is C8H6ClFO6S2. The summed E-state index contributed by atoms with van der Waals surface area (Å²) >= 11 is 0.648. The summed E-state index contributed by atoms with van der Waals surface area (Å²) in [4.78, 5) is 11.3. The average molecular weight is 317 g/mol. The smallest absolute Gasteiger partial charge is 0.401 e. The Bertz CT molecular complexity index is 564. The number of carbonyl (C=O) groups is 1. The predicted octanol–water partition coefficient (Wildman–Crippen LogP) is 1.65. The molecule has 0 bridgehead atoms. The summed E-state index contributed by atoms with van der Waals surface area (Å²) in [6.45, 7) is 0.468. The quantitative estimate of drug-likeness (QED) is 0.621. The first-order valence-corrected chi connectivity index (χ1v) is 7.72. The van der Waals surface area contributed by atoms with Crippen molar-refractivity contribution >= 4 is 37.3 Å². The van der Waals surface area contributed by atoms with Gasteiger partial charge in [-0.1, -0.05) is 0 Å². The molecule has 0 saturated carbocycles. The van der Waals surface area contributed by atoms with Crippen LogP contribution in [-0.4, -0.2) is 27.3 Å². The van der Waals surface area contributed by atoms with Crippen LogP contribution in [0.3, 0.4) is 0 Å². The highest BCUT2D eigenvalue weighted by Crippen LogP contribution is 2.32. The van der Waals surface area contributed by atoms with Crippen molar-refractivity contribution in [2.24, 2.45) is 0 Å². The van der Waals surface area contributed by atoms with Crippen molar-refractivity contribution in [2.45, 2.75) is 12.7 Å². The van der Waals surface area contributed by atoms with E-state index in [0.29, 0.717) is 24.4 Å². The molecule has 0 N–H and O–H groups in total. The number of hydrogen-bond donors (Lipinski definition) is 0. The first-order chi connectivity index (χ1) is 8.37. The Morgan fingerprint density at radius 3 is 2.78 bits per heavy atom. The minimum absolute atomic E-state index is 0.327. The Hall–Kier alpha value is -0.900. The van der Waals surface area contributed by atoms with E-state index in [2.05, 4.69) is 4.18 Å². The number of esters is 1. The van der Waals surface area contributed by atoms with Gasteiger partial charge in [-0.25, -0.2) is 9.18 Å². The molecule has 1 atom stereocenters. The summed E-state index contributed by atoms with van der Waals surface area (Å²) < 4.78 is 48.5. The first-order valence-electron chi connectivity index (χ1n) is 4.60. The Labute approximate surface area is 110 Å². The number of rotatable bonds is 4. The monoisotopic (exact) mass is 316 g/mol. The third-order valence-electron chi connectivity index (χ3n) is 1.97. The number of halogens is 2. The number of carbonyl (C=O) groups excluding carboxylic acids is 1. The second-order valence-electron chi connectivity index (χ2n) is 3.21. The molecule has 1 aromatic rings. The molecule has 0 aromatic carbocycles. The third-order valence-corrected chi connectivity index (χ3v) is 3.43. The van der Waals surface area contributed by atoms with Crippen molar-refractivity contribution in [1.29, 1.82) is 0 Å². The number of thiophene rings is 1. The van der Waals surface area contributed by atoms with E-state index < -0.39 is 33.2 Å². The first kappa shape index (κ1) is 13.5. The highest BCUT2D eigenvalue weighted by molar-refractivity contribution is 8.10. The van der Waals surface area contributed by atoms with Crippen molar-refractivity contribution in [3.05, 3.63) is 16.1 Å². The molecule has 0 spiro atoms. The fourth-order valence-corrected chi connectivity index (χ4v) is 2.45. The van der Waals surface area contributed by atoms with Gasteiger partial charge in [0.1, 0.15) is 0 Å². The van der Waals surface area contributed by atoms with Gasteiger partial charge in [-0.3, -0.25) is 0 Å². The van der Waals surface area contributed by atoms with Gasteiger partial charge in [-0.15, -0.1) is 11.3 Å². The molecule has 10 heteroatoms. The molecule has 2 rings (SSSR count). The second kappa shape index (κ2) is 5.00. The Morgan fingerprint density at radius 2 is 2.28 bits per heavy atom. The van der Waals surface area contributed by atoms with Crippen LogP contribution in [0, 0.1) is 5.82 Å². The topological polar surface area (TPSA) is 78.9 Å². The van der Waals surface area contributed by atoms with Crippen LogP contribution in [-0.2, 0) is 18.8 Å². The molecule has 1 aromatic heterocycles. The van der Waals surface area contributed by atoms with Crippen molar-refractivity contribution in [3.63, 3.8) is 0 Å². The van der Waals surface area contributed by atoms with E-state index in [1.165, 1.54) is 0 Å². The molecule has 0 amide bonds. The average Bonchev–Trinajstić information content (AvgIpc) is 2.52. The molecule has 1 aliphatic rings. The fourth-order valence-electron chi connectivity index (χ4n) is 1.12. The molecular weight excluding hydrogens is 311 g/mol. The third kappa shape index (κ3) is 3.10. The maximum absolute atomic E-state index is 13.3. The molecule has 1 fully saturated rings. The zero-order valence-electron chi connectivity index (χ0n) is 8.59. The van der Waals surface area contributed by atoms with Gasteiger partial charge in [0.2, 0.25) is 12.0 Å². The van der Waals surface area contributed by atoms with Crippen molar-refractivity contribution in [3.8, 4) is 5.75 Å². The van der Waals surface area contributed by atoms with Gasteiger partial charge in [-0.2, -0.15) is 8.42 Å². The Balaban J connectivity index is 2.19. The largest absolute Gasteiger partial charge is 0.431 e. The van der Waals surface area contributed by atoms with Crippen molar-refractivity contribution in [2.75, 3.05) is 6.61 Å². The summed E-state index contributed by atoms with van der Waals surface area (Å²) in [5.74, 6) is -2.70. The minimum atomic E-state index is -4.45. The van der Waals surface area contributed by atoms with E-state index in [1.54, 1.807) is 0 Å². The van der Waals surface area contributed by atoms with E-state index in [9.17, 15) is 17.6 Å². The van der Waals surface area contributed by atoms with E-state index in [-0.39, 0.29) is 4.88 Å². The van der Waals surface area contributed by atoms with Crippen LogP contribution in [0.15, 0.2) is 5.38 Å². The van der Waals surface area contributed by atoms with Crippen molar-refractivity contribution in [1.82, 2.24) is 0 Å². The standard InChI is InChI=1S/C8H6ClFO6S2/c9-18(12,13)16-6-4(10)3-17-7(6)8(11)15-5-1-2-14-5/h3,5H,1-2H2. The molecule has 1 saturated heterocycles. The molecule has 0 aliphatic carbocycles. The molecule has 18 heavy (non-hydrogen) atoms. The van der Waals surface area contributed by atoms with E-state index in [1.807, 2.05) is 0 Å². The van der Waals surface area contributed by atoms with Gasteiger partial charge in [0.25, 0.3) is 0 Å². The van der Waals surface area contributed by atoms with Gasteiger partial charge in [-0.05, 0) is 0 Å². The van der Waals surface area contributed by atoms with Crippen molar-refractivity contribution < 1.29 is 31.3 Å². The summed E-state index contributed by atoms with van der Waals surface area (Å²) in [5, 5.41) is 0.912. The minimum Gasteiger partial charge on any atom is -0.431 e.